The average molecular weight is 303 g/mol. The lowest BCUT2D eigenvalue weighted by Gasteiger charge is -2.14. The summed E-state index contributed by atoms with van der Waals surface area (Å²) in [4.78, 5) is 5.36. The van der Waals surface area contributed by atoms with Gasteiger partial charge in [-0.2, -0.15) is 4.98 Å². The molecule has 0 aliphatic rings. The average Bonchev–Trinajstić information content (AvgIpc) is 3.05. The Morgan fingerprint density at radius 2 is 2.33 bits per heavy atom. The molecule has 2 aromatic heterocycles. The van der Waals surface area contributed by atoms with E-state index in [0.717, 1.165) is 16.2 Å². The largest absolute Gasteiger partial charge is 0.508 e. The molecule has 5 nitrogen and oxygen atoms in total. The minimum Gasteiger partial charge on any atom is -0.508 e. The van der Waals surface area contributed by atoms with Crippen LogP contribution in [-0.4, -0.2) is 21.6 Å². The summed E-state index contributed by atoms with van der Waals surface area (Å²) in [5, 5.41) is 15.0. The summed E-state index contributed by atoms with van der Waals surface area (Å²) < 4.78 is 7.37. The van der Waals surface area contributed by atoms with Crippen LogP contribution in [0.3, 0.4) is 0 Å². The lowest BCUT2D eigenvalue weighted by Crippen LogP contribution is -2.19. The van der Waals surface area contributed by atoms with Crippen LogP contribution in [0, 0.1) is 0 Å². The minimum atomic E-state index is 0.117. The zero-order valence-electron chi connectivity index (χ0n) is 11.9. The molecule has 0 aliphatic heterocycles. The second-order valence-corrected chi connectivity index (χ2v) is 5.69. The van der Waals surface area contributed by atoms with E-state index in [1.807, 2.05) is 28.1 Å². The van der Waals surface area contributed by atoms with Crippen LogP contribution in [0.1, 0.15) is 24.2 Å². The monoisotopic (exact) mass is 303 g/mol. The van der Waals surface area contributed by atoms with Crippen molar-refractivity contribution in [3.8, 4) is 11.6 Å². The summed E-state index contributed by atoms with van der Waals surface area (Å²) in [5.74, 6) is 0.931. The standard InChI is InChI=1S/C15H17N3O2S/c1-10(11-4-3-5-12(19)8-11)16-9-13-14(20-2)17-15-18(13)6-7-21-15/h3-8,10,16,19H,9H2,1-2H3. The van der Waals surface area contributed by atoms with Crippen LogP contribution in [0.4, 0.5) is 0 Å². The molecule has 0 amide bonds. The zero-order valence-corrected chi connectivity index (χ0v) is 12.7. The predicted octanol–water partition coefficient (Wildman–Crippen LogP) is 2.96. The fourth-order valence-electron chi connectivity index (χ4n) is 2.30. The van der Waals surface area contributed by atoms with E-state index in [4.69, 9.17) is 4.74 Å². The number of phenolic OH excluding ortho intramolecular Hbond substituents is 1. The molecule has 21 heavy (non-hydrogen) atoms. The highest BCUT2D eigenvalue weighted by Gasteiger charge is 2.15. The number of rotatable bonds is 5. The first-order valence-electron chi connectivity index (χ1n) is 6.69. The SMILES string of the molecule is COc1nc2sccn2c1CNC(C)c1cccc(O)c1. The molecule has 1 unspecified atom stereocenters. The molecule has 1 aromatic carbocycles. The molecule has 1 atom stereocenters. The number of benzene rings is 1. The zero-order chi connectivity index (χ0) is 14.8. The summed E-state index contributed by atoms with van der Waals surface area (Å²) in [7, 11) is 1.63. The highest BCUT2D eigenvalue weighted by atomic mass is 32.1. The number of thiazole rings is 1. The first kappa shape index (κ1) is 13.9. The van der Waals surface area contributed by atoms with Gasteiger partial charge in [0.15, 0.2) is 4.96 Å². The Bertz CT molecular complexity index is 750. The maximum Gasteiger partial charge on any atom is 0.237 e. The van der Waals surface area contributed by atoms with Crippen LogP contribution < -0.4 is 10.1 Å². The van der Waals surface area contributed by atoms with Gasteiger partial charge in [0, 0.05) is 24.2 Å². The molecule has 3 rings (SSSR count). The molecule has 0 radical (unpaired) electrons. The topological polar surface area (TPSA) is 58.8 Å². The van der Waals surface area contributed by atoms with Crippen molar-refractivity contribution in [3.05, 3.63) is 47.1 Å². The van der Waals surface area contributed by atoms with Gasteiger partial charge in [-0.3, -0.25) is 4.40 Å². The van der Waals surface area contributed by atoms with Gasteiger partial charge in [0.2, 0.25) is 5.88 Å². The molecule has 0 saturated carbocycles. The molecule has 110 valence electrons. The molecule has 0 saturated heterocycles. The highest BCUT2D eigenvalue weighted by Crippen LogP contribution is 2.24. The Hall–Kier alpha value is -2.05. The van der Waals surface area contributed by atoms with Gasteiger partial charge in [-0.1, -0.05) is 12.1 Å². The minimum absolute atomic E-state index is 0.117. The summed E-state index contributed by atoms with van der Waals surface area (Å²) in [6.07, 6.45) is 1.99. The summed E-state index contributed by atoms with van der Waals surface area (Å²) >= 11 is 1.58. The molecule has 2 heterocycles. The van der Waals surface area contributed by atoms with E-state index in [1.165, 1.54) is 0 Å². The first-order chi connectivity index (χ1) is 10.2. The molecule has 0 spiro atoms. The molecule has 0 fully saturated rings. The van der Waals surface area contributed by atoms with Crippen LogP contribution in [0.2, 0.25) is 0 Å². The second-order valence-electron chi connectivity index (χ2n) is 4.82. The highest BCUT2D eigenvalue weighted by molar-refractivity contribution is 7.15. The smallest absolute Gasteiger partial charge is 0.237 e. The van der Waals surface area contributed by atoms with Crippen molar-refractivity contribution >= 4 is 16.3 Å². The molecule has 2 N–H and O–H groups in total. The molecule has 6 heteroatoms. The van der Waals surface area contributed by atoms with Crippen molar-refractivity contribution < 1.29 is 9.84 Å². The van der Waals surface area contributed by atoms with Gasteiger partial charge >= 0.3 is 0 Å². The Kier molecular flexibility index (Phi) is 3.81. The number of nitrogens with zero attached hydrogens (tertiary/aromatic N) is 2. The van der Waals surface area contributed by atoms with Crippen molar-refractivity contribution in [3.63, 3.8) is 0 Å². The van der Waals surface area contributed by atoms with Crippen molar-refractivity contribution in [1.82, 2.24) is 14.7 Å². The van der Waals surface area contributed by atoms with Gasteiger partial charge in [0.05, 0.1) is 7.11 Å². The summed E-state index contributed by atoms with van der Waals surface area (Å²) in [6, 6.07) is 7.40. The number of ether oxygens (including phenoxy) is 1. The third-order valence-corrected chi connectivity index (χ3v) is 4.22. The van der Waals surface area contributed by atoms with E-state index in [-0.39, 0.29) is 11.8 Å². The summed E-state index contributed by atoms with van der Waals surface area (Å²) in [6.45, 7) is 2.70. The van der Waals surface area contributed by atoms with Crippen LogP contribution >= 0.6 is 11.3 Å². The van der Waals surface area contributed by atoms with Crippen molar-refractivity contribution in [2.24, 2.45) is 0 Å². The predicted molar refractivity (Wildman–Crippen MR) is 83.0 cm³/mol. The molecule has 3 aromatic rings. The Balaban J connectivity index is 1.78. The third-order valence-electron chi connectivity index (χ3n) is 3.46. The first-order valence-corrected chi connectivity index (χ1v) is 7.57. The van der Waals surface area contributed by atoms with Gasteiger partial charge in [0.25, 0.3) is 0 Å². The number of fused-ring (bicyclic) bond motifs is 1. The van der Waals surface area contributed by atoms with Gasteiger partial charge < -0.3 is 15.2 Å². The van der Waals surface area contributed by atoms with Crippen LogP contribution in [0.25, 0.3) is 4.96 Å². The fourth-order valence-corrected chi connectivity index (χ4v) is 3.02. The number of aromatic nitrogens is 2. The third kappa shape index (κ3) is 2.72. The van der Waals surface area contributed by atoms with Gasteiger partial charge in [0.1, 0.15) is 11.4 Å². The number of aromatic hydroxyl groups is 1. The summed E-state index contributed by atoms with van der Waals surface area (Å²) in [5.41, 5.74) is 2.04. The van der Waals surface area contributed by atoms with E-state index in [9.17, 15) is 5.11 Å². The van der Waals surface area contributed by atoms with Gasteiger partial charge in [-0.05, 0) is 24.6 Å². The lowest BCUT2D eigenvalue weighted by molar-refractivity contribution is 0.391. The Morgan fingerprint density at radius 3 is 3.10 bits per heavy atom. The van der Waals surface area contributed by atoms with Crippen molar-refractivity contribution in [2.45, 2.75) is 19.5 Å². The van der Waals surface area contributed by atoms with Crippen LogP contribution in [0.15, 0.2) is 35.8 Å². The van der Waals surface area contributed by atoms with Crippen LogP contribution in [0.5, 0.6) is 11.6 Å². The Morgan fingerprint density at radius 1 is 1.48 bits per heavy atom. The fraction of sp³-hybridized carbons (Fsp3) is 0.267. The maximum atomic E-state index is 9.55. The van der Waals surface area contributed by atoms with Gasteiger partial charge in [-0.25, -0.2) is 0 Å². The molecular formula is C15H17N3O2S. The number of imidazole rings is 1. The second kappa shape index (κ2) is 5.75. The van der Waals surface area contributed by atoms with E-state index < -0.39 is 0 Å². The maximum absolute atomic E-state index is 9.55. The molecule has 0 bridgehead atoms. The van der Waals surface area contributed by atoms with Gasteiger partial charge in [-0.15, -0.1) is 11.3 Å². The number of methoxy groups -OCH3 is 1. The normalized spacial score (nSPS) is 12.7. The Labute approximate surface area is 126 Å². The quantitative estimate of drug-likeness (QED) is 0.761. The number of nitrogens with one attached hydrogen (secondary N) is 1. The van der Waals surface area contributed by atoms with Crippen LogP contribution in [-0.2, 0) is 6.54 Å². The van der Waals surface area contributed by atoms with Crippen molar-refractivity contribution in [1.29, 1.82) is 0 Å². The number of hydrogen-bond acceptors (Lipinski definition) is 5. The molecule has 0 aliphatic carbocycles. The van der Waals surface area contributed by atoms with E-state index in [2.05, 4.69) is 17.2 Å². The number of phenols is 1. The van der Waals surface area contributed by atoms with Crippen molar-refractivity contribution in [2.75, 3.05) is 7.11 Å². The number of hydrogen-bond donors (Lipinski definition) is 2. The van der Waals surface area contributed by atoms with E-state index in [1.54, 1.807) is 30.6 Å². The van der Waals surface area contributed by atoms with E-state index >= 15 is 0 Å². The lowest BCUT2D eigenvalue weighted by atomic mass is 10.1. The van der Waals surface area contributed by atoms with E-state index in [0.29, 0.717) is 12.4 Å². The molecular weight excluding hydrogens is 286 g/mol.